The largest absolute Gasteiger partial charge is 0.348 e. The van der Waals surface area contributed by atoms with Crippen LogP contribution in [0.3, 0.4) is 0 Å². The predicted molar refractivity (Wildman–Crippen MR) is 76.8 cm³/mol. The van der Waals surface area contributed by atoms with Crippen molar-refractivity contribution < 1.29 is 0 Å². The molecule has 96 valence electrons. The van der Waals surface area contributed by atoms with Crippen LogP contribution in [0.2, 0.25) is 5.02 Å². The topological polar surface area (TPSA) is 53.6 Å². The smallest absolute Gasteiger partial charge is 0.0944 e. The molecule has 0 saturated carbocycles. The van der Waals surface area contributed by atoms with E-state index in [1.807, 2.05) is 11.6 Å². The van der Waals surface area contributed by atoms with Crippen LogP contribution in [0.4, 0.5) is 0 Å². The lowest BCUT2D eigenvalue weighted by Crippen LogP contribution is -2.31. The molecule has 0 aliphatic carbocycles. The summed E-state index contributed by atoms with van der Waals surface area (Å²) in [6.45, 7) is 0.935. The molecule has 0 amide bonds. The molecule has 0 radical (unpaired) electrons. The maximum absolute atomic E-state index is 6.11. The molecule has 4 nitrogen and oxygen atoms in total. The normalized spacial score (nSPS) is 18.7. The van der Waals surface area contributed by atoms with Crippen molar-refractivity contribution in [2.45, 2.75) is 12.5 Å². The van der Waals surface area contributed by atoms with Gasteiger partial charge in [-0.25, -0.2) is 4.98 Å². The number of nitrogens with one attached hydrogen (secondary N) is 2. The molecule has 0 spiro atoms. The maximum atomic E-state index is 6.11. The number of aromatic amines is 1. The molecule has 4 rings (SSSR count). The van der Waals surface area contributed by atoms with Crippen LogP contribution in [0.15, 0.2) is 24.0 Å². The standard InChI is InChI=1S/C13H11ClN4S/c14-8-5-19-11-3-10(16-4-7(8)11)13-12-9(1-2-15-13)17-6-18-12/h3-6,13,15H,1-2H2,(H,17,18). The first-order valence-corrected chi connectivity index (χ1v) is 7.37. The molecular formula is C13H11ClN4S. The number of H-pyrrole nitrogens is 1. The molecule has 3 aromatic rings. The van der Waals surface area contributed by atoms with Gasteiger partial charge in [-0.1, -0.05) is 11.6 Å². The molecule has 6 heteroatoms. The minimum atomic E-state index is 0.0697. The Morgan fingerprint density at radius 2 is 2.32 bits per heavy atom. The Morgan fingerprint density at radius 1 is 1.37 bits per heavy atom. The minimum Gasteiger partial charge on any atom is -0.348 e. The molecule has 1 aliphatic rings. The van der Waals surface area contributed by atoms with Gasteiger partial charge in [0.2, 0.25) is 0 Å². The summed E-state index contributed by atoms with van der Waals surface area (Å²) in [4.78, 5) is 12.2. The van der Waals surface area contributed by atoms with Gasteiger partial charge in [-0.15, -0.1) is 11.3 Å². The van der Waals surface area contributed by atoms with E-state index < -0.39 is 0 Å². The third-order valence-electron chi connectivity index (χ3n) is 3.48. The predicted octanol–water partition coefficient (Wildman–Crippen LogP) is 2.91. The average Bonchev–Trinajstić information content (AvgIpc) is 3.05. The van der Waals surface area contributed by atoms with Crippen LogP contribution in [0.25, 0.3) is 10.1 Å². The summed E-state index contributed by atoms with van der Waals surface area (Å²) < 4.78 is 1.17. The number of aromatic nitrogens is 3. The fourth-order valence-corrected chi connectivity index (χ4v) is 3.70. The van der Waals surface area contributed by atoms with Crippen LogP contribution in [-0.2, 0) is 6.42 Å². The first-order valence-electron chi connectivity index (χ1n) is 6.11. The Kier molecular flexibility index (Phi) is 2.58. The Labute approximate surface area is 118 Å². The van der Waals surface area contributed by atoms with E-state index in [1.165, 1.54) is 10.4 Å². The lowest BCUT2D eigenvalue weighted by molar-refractivity contribution is 0.544. The van der Waals surface area contributed by atoms with E-state index in [2.05, 4.69) is 26.3 Å². The monoisotopic (exact) mass is 290 g/mol. The lowest BCUT2D eigenvalue weighted by Gasteiger charge is -2.22. The molecular weight excluding hydrogens is 280 g/mol. The van der Waals surface area contributed by atoms with E-state index in [1.54, 1.807) is 17.7 Å². The van der Waals surface area contributed by atoms with Gasteiger partial charge in [0.25, 0.3) is 0 Å². The molecule has 0 fully saturated rings. The molecule has 1 unspecified atom stereocenters. The number of thiophene rings is 1. The molecule has 4 heterocycles. The molecule has 2 N–H and O–H groups in total. The van der Waals surface area contributed by atoms with E-state index in [0.717, 1.165) is 34.8 Å². The number of hydrogen-bond donors (Lipinski definition) is 2. The highest BCUT2D eigenvalue weighted by Gasteiger charge is 2.25. The van der Waals surface area contributed by atoms with Crippen LogP contribution in [-0.4, -0.2) is 21.5 Å². The average molecular weight is 291 g/mol. The highest BCUT2D eigenvalue weighted by Crippen LogP contribution is 2.32. The Hall–Kier alpha value is -1.43. The van der Waals surface area contributed by atoms with Gasteiger partial charge >= 0.3 is 0 Å². The number of imidazole rings is 1. The summed E-state index contributed by atoms with van der Waals surface area (Å²) in [7, 11) is 0. The van der Waals surface area contributed by atoms with Gasteiger partial charge in [-0.3, -0.25) is 4.98 Å². The third kappa shape index (κ3) is 1.77. The lowest BCUT2D eigenvalue weighted by atomic mass is 10.0. The van der Waals surface area contributed by atoms with Crippen molar-refractivity contribution in [2.24, 2.45) is 0 Å². The van der Waals surface area contributed by atoms with Crippen molar-refractivity contribution in [3.8, 4) is 0 Å². The van der Waals surface area contributed by atoms with E-state index in [4.69, 9.17) is 11.6 Å². The van der Waals surface area contributed by atoms with Crippen LogP contribution in [0.5, 0.6) is 0 Å². The summed E-state index contributed by atoms with van der Waals surface area (Å²) in [5.41, 5.74) is 3.26. The second-order valence-corrected chi connectivity index (χ2v) is 5.91. The van der Waals surface area contributed by atoms with Crippen molar-refractivity contribution >= 4 is 33.0 Å². The van der Waals surface area contributed by atoms with Gasteiger partial charge in [0.1, 0.15) is 0 Å². The van der Waals surface area contributed by atoms with Gasteiger partial charge in [0.05, 0.1) is 28.8 Å². The maximum Gasteiger partial charge on any atom is 0.0944 e. The van der Waals surface area contributed by atoms with Gasteiger partial charge in [-0.05, 0) is 6.07 Å². The zero-order valence-corrected chi connectivity index (χ0v) is 11.6. The molecule has 1 aliphatic heterocycles. The van der Waals surface area contributed by atoms with Crippen LogP contribution in [0, 0.1) is 0 Å². The molecule has 0 aromatic carbocycles. The second kappa shape index (κ2) is 4.30. The SMILES string of the molecule is Clc1csc2cc(C3NCCc4[nH]cnc43)ncc12. The van der Waals surface area contributed by atoms with E-state index in [9.17, 15) is 0 Å². The zero-order chi connectivity index (χ0) is 12.8. The number of pyridine rings is 1. The fourth-order valence-electron chi connectivity index (χ4n) is 2.53. The fraction of sp³-hybridized carbons (Fsp3) is 0.231. The highest BCUT2D eigenvalue weighted by molar-refractivity contribution is 7.17. The van der Waals surface area contributed by atoms with Crippen LogP contribution >= 0.6 is 22.9 Å². The van der Waals surface area contributed by atoms with Crippen LogP contribution in [0.1, 0.15) is 23.1 Å². The molecule has 1 atom stereocenters. The van der Waals surface area contributed by atoms with E-state index in [-0.39, 0.29) is 6.04 Å². The van der Waals surface area contributed by atoms with Gasteiger partial charge < -0.3 is 10.3 Å². The number of hydrogen-bond acceptors (Lipinski definition) is 4. The zero-order valence-electron chi connectivity index (χ0n) is 9.98. The number of rotatable bonds is 1. The van der Waals surface area contributed by atoms with Crippen molar-refractivity contribution in [3.63, 3.8) is 0 Å². The minimum absolute atomic E-state index is 0.0697. The van der Waals surface area contributed by atoms with Gasteiger partial charge in [0.15, 0.2) is 0 Å². The number of nitrogens with zero attached hydrogens (tertiary/aromatic N) is 2. The quantitative estimate of drug-likeness (QED) is 0.724. The Balaban J connectivity index is 1.83. The third-order valence-corrected chi connectivity index (χ3v) is 4.87. The van der Waals surface area contributed by atoms with Gasteiger partial charge in [0, 0.05) is 40.3 Å². The molecule has 0 saturated heterocycles. The van der Waals surface area contributed by atoms with Crippen molar-refractivity contribution in [3.05, 3.63) is 46.1 Å². The summed E-state index contributed by atoms with van der Waals surface area (Å²) in [5.74, 6) is 0. The summed E-state index contributed by atoms with van der Waals surface area (Å²) >= 11 is 7.76. The first-order chi connectivity index (χ1) is 9.33. The Bertz CT molecular complexity index is 748. The summed E-state index contributed by atoms with van der Waals surface area (Å²) in [6, 6.07) is 2.17. The number of halogens is 1. The van der Waals surface area contributed by atoms with Crippen molar-refractivity contribution in [2.75, 3.05) is 6.54 Å². The molecule has 0 bridgehead atoms. The van der Waals surface area contributed by atoms with Gasteiger partial charge in [-0.2, -0.15) is 0 Å². The van der Waals surface area contributed by atoms with E-state index >= 15 is 0 Å². The Morgan fingerprint density at radius 3 is 3.26 bits per heavy atom. The summed E-state index contributed by atoms with van der Waals surface area (Å²) in [5, 5.41) is 7.22. The molecule has 3 aromatic heterocycles. The van der Waals surface area contributed by atoms with E-state index in [0.29, 0.717) is 0 Å². The first kappa shape index (κ1) is 11.4. The number of fused-ring (bicyclic) bond motifs is 2. The van der Waals surface area contributed by atoms with Crippen molar-refractivity contribution in [1.29, 1.82) is 0 Å². The van der Waals surface area contributed by atoms with Crippen molar-refractivity contribution in [1.82, 2.24) is 20.3 Å². The van der Waals surface area contributed by atoms with Crippen LogP contribution < -0.4 is 5.32 Å². The molecule has 19 heavy (non-hydrogen) atoms. The highest BCUT2D eigenvalue weighted by atomic mass is 35.5. The summed E-state index contributed by atoms with van der Waals surface area (Å²) in [6.07, 6.45) is 4.59. The second-order valence-electron chi connectivity index (χ2n) is 4.59.